The average molecular weight is 213 g/mol. The van der Waals surface area contributed by atoms with E-state index in [-0.39, 0.29) is 11.7 Å². The molecule has 0 spiro atoms. The Kier molecular flexibility index (Phi) is 3.63. The van der Waals surface area contributed by atoms with E-state index in [1.165, 1.54) is 0 Å². The van der Waals surface area contributed by atoms with Gasteiger partial charge in [0.15, 0.2) is 0 Å². The van der Waals surface area contributed by atoms with Crippen LogP contribution in [-0.2, 0) is 4.74 Å². The summed E-state index contributed by atoms with van der Waals surface area (Å²) in [6.07, 6.45) is 2.09. The van der Waals surface area contributed by atoms with Gasteiger partial charge in [0.1, 0.15) is 5.60 Å². The normalized spacial score (nSPS) is 26.9. The van der Waals surface area contributed by atoms with Gasteiger partial charge in [-0.2, -0.15) is 0 Å². The maximum absolute atomic E-state index is 11.8. The molecule has 1 unspecified atom stereocenters. The minimum absolute atomic E-state index is 0.161. The third-order valence-electron chi connectivity index (χ3n) is 2.87. The molecule has 2 atom stereocenters. The van der Waals surface area contributed by atoms with Crippen LogP contribution < -0.4 is 0 Å². The molecule has 1 saturated heterocycles. The zero-order valence-corrected chi connectivity index (χ0v) is 10.5. The maximum Gasteiger partial charge on any atom is 0.410 e. The fourth-order valence-corrected chi connectivity index (χ4v) is 2.01. The fraction of sp³-hybridized carbons (Fsp3) is 0.917. The molecule has 3 nitrogen and oxygen atoms in total. The number of carbonyl (C=O) groups is 1. The van der Waals surface area contributed by atoms with Crippen molar-refractivity contribution >= 4 is 6.09 Å². The lowest BCUT2D eigenvalue weighted by atomic mass is 10.0. The van der Waals surface area contributed by atoms with Gasteiger partial charge in [0.05, 0.1) is 0 Å². The van der Waals surface area contributed by atoms with Crippen LogP contribution in [0, 0.1) is 5.92 Å². The summed E-state index contributed by atoms with van der Waals surface area (Å²) >= 11 is 0. The largest absolute Gasteiger partial charge is 0.444 e. The number of likely N-dealkylation sites (tertiary alicyclic amines) is 1. The van der Waals surface area contributed by atoms with Crippen LogP contribution >= 0.6 is 0 Å². The number of hydrogen-bond acceptors (Lipinski definition) is 2. The molecular weight excluding hydrogens is 190 g/mol. The van der Waals surface area contributed by atoms with Gasteiger partial charge in [0.2, 0.25) is 0 Å². The van der Waals surface area contributed by atoms with Crippen LogP contribution in [0.2, 0.25) is 0 Å². The van der Waals surface area contributed by atoms with E-state index < -0.39 is 0 Å². The summed E-state index contributed by atoms with van der Waals surface area (Å²) in [5, 5.41) is 0. The highest BCUT2D eigenvalue weighted by Crippen LogP contribution is 2.26. The third kappa shape index (κ3) is 3.40. The van der Waals surface area contributed by atoms with Gasteiger partial charge in [-0.3, -0.25) is 0 Å². The van der Waals surface area contributed by atoms with Crippen LogP contribution in [0.3, 0.4) is 0 Å². The first-order chi connectivity index (χ1) is 6.83. The molecule has 1 aliphatic heterocycles. The minimum Gasteiger partial charge on any atom is -0.444 e. The summed E-state index contributed by atoms with van der Waals surface area (Å²) in [6.45, 7) is 10.8. The van der Waals surface area contributed by atoms with Crippen LogP contribution in [-0.4, -0.2) is 29.2 Å². The highest BCUT2D eigenvalue weighted by molar-refractivity contribution is 5.68. The first-order valence-electron chi connectivity index (χ1n) is 5.83. The molecule has 88 valence electrons. The van der Waals surface area contributed by atoms with E-state index in [0.29, 0.717) is 12.0 Å². The van der Waals surface area contributed by atoms with Gasteiger partial charge >= 0.3 is 6.09 Å². The molecule has 0 saturated carbocycles. The first-order valence-corrected chi connectivity index (χ1v) is 5.83. The molecular formula is C12H23NO2. The van der Waals surface area contributed by atoms with Crippen molar-refractivity contribution in [2.24, 2.45) is 5.92 Å². The number of rotatable bonds is 1. The monoisotopic (exact) mass is 213 g/mol. The third-order valence-corrected chi connectivity index (χ3v) is 2.87. The second kappa shape index (κ2) is 4.42. The van der Waals surface area contributed by atoms with Gasteiger partial charge in [-0.05, 0) is 40.0 Å². The van der Waals surface area contributed by atoms with Gasteiger partial charge in [-0.25, -0.2) is 4.79 Å². The molecule has 0 bridgehead atoms. The molecule has 1 amide bonds. The first kappa shape index (κ1) is 12.3. The quantitative estimate of drug-likeness (QED) is 0.670. The van der Waals surface area contributed by atoms with Crippen molar-refractivity contribution in [2.75, 3.05) is 6.54 Å². The zero-order chi connectivity index (χ0) is 11.6. The molecule has 1 heterocycles. The van der Waals surface area contributed by atoms with Crippen LogP contribution in [0.25, 0.3) is 0 Å². The zero-order valence-electron chi connectivity index (χ0n) is 10.5. The lowest BCUT2D eigenvalue weighted by molar-refractivity contribution is 0.0233. The lowest BCUT2D eigenvalue weighted by Gasteiger charge is -2.27. The predicted octanol–water partition coefficient (Wildman–Crippen LogP) is 3.04. The number of amides is 1. The van der Waals surface area contributed by atoms with Gasteiger partial charge < -0.3 is 9.64 Å². The van der Waals surface area contributed by atoms with Crippen LogP contribution in [0.5, 0.6) is 0 Å². The second-order valence-electron chi connectivity index (χ2n) is 5.49. The SMILES string of the molecule is CCC1C[C@@H](C)N(C(=O)OC(C)(C)C)C1. The van der Waals surface area contributed by atoms with E-state index in [1.807, 2.05) is 25.7 Å². The van der Waals surface area contributed by atoms with Crippen LogP contribution in [0.1, 0.15) is 47.5 Å². The molecule has 0 aromatic carbocycles. The number of nitrogens with zero attached hydrogens (tertiary/aromatic N) is 1. The van der Waals surface area contributed by atoms with Crippen molar-refractivity contribution in [1.29, 1.82) is 0 Å². The van der Waals surface area contributed by atoms with Crippen molar-refractivity contribution in [1.82, 2.24) is 4.90 Å². The Morgan fingerprint density at radius 3 is 2.47 bits per heavy atom. The topological polar surface area (TPSA) is 29.5 Å². The molecule has 0 N–H and O–H groups in total. The van der Waals surface area contributed by atoms with Gasteiger partial charge in [-0.15, -0.1) is 0 Å². The smallest absolute Gasteiger partial charge is 0.410 e. The van der Waals surface area contributed by atoms with Gasteiger partial charge in [0.25, 0.3) is 0 Å². The maximum atomic E-state index is 11.8. The molecule has 0 aromatic rings. The Hall–Kier alpha value is -0.730. The standard InChI is InChI=1S/C12H23NO2/c1-6-10-7-9(2)13(8-10)11(14)15-12(3,4)5/h9-10H,6-8H2,1-5H3/t9-,10?/m1/s1. The van der Waals surface area contributed by atoms with Crippen molar-refractivity contribution in [3.63, 3.8) is 0 Å². The molecule has 0 aliphatic carbocycles. The van der Waals surface area contributed by atoms with E-state index in [9.17, 15) is 4.79 Å². The van der Waals surface area contributed by atoms with Crippen LogP contribution in [0.4, 0.5) is 4.79 Å². The van der Waals surface area contributed by atoms with Gasteiger partial charge in [0, 0.05) is 12.6 Å². The van der Waals surface area contributed by atoms with Crippen molar-refractivity contribution in [2.45, 2.75) is 59.1 Å². The van der Waals surface area contributed by atoms with Gasteiger partial charge in [-0.1, -0.05) is 13.3 Å². The number of carbonyl (C=O) groups excluding carboxylic acids is 1. The second-order valence-corrected chi connectivity index (χ2v) is 5.49. The summed E-state index contributed by atoms with van der Waals surface area (Å²) < 4.78 is 5.37. The van der Waals surface area contributed by atoms with E-state index in [0.717, 1.165) is 19.4 Å². The highest BCUT2D eigenvalue weighted by atomic mass is 16.6. The van der Waals surface area contributed by atoms with Crippen molar-refractivity contribution in [3.05, 3.63) is 0 Å². The molecule has 3 heteroatoms. The summed E-state index contributed by atoms with van der Waals surface area (Å²) in [7, 11) is 0. The molecule has 1 aliphatic rings. The molecule has 1 fully saturated rings. The lowest BCUT2D eigenvalue weighted by Crippen LogP contribution is -2.38. The Labute approximate surface area is 92.8 Å². The predicted molar refractivity (Wildman–Crippen MR) is 60.8 cm³/mol. The Balaban J connectivity index is 2.54. The average Bonchev–Trinajstić information content (AvgIpc) is 2.43. The summed E-state index contributed by atoms with van der Waals surface area (Å²) in [6, 6.07) is 0.324. The van der Waals surface area contributed by atoms with Crippen molar-refractivity contribution in [3.8, 4) is 0 Å². The van der Waals surface area contributed by atoms with Crippen molar-refractivity contribution < 1.29 is 9.53 Å². The fourth-order valence-electron chi connectivity index (χ4n) is 2.01. The number of ether oxygens (including phenoxy) is 1. The highest BCUT2D eigenvalue weighted by Gasteiger charge is 2.33. The Morgan fingerprint density at radius 1 is 1.47 bits per heavy atom. The van der Waals surface area contributed by atoms with E-state index in [4.69, 9.17) is 4.74 Å². The molecule has 0 radical (unpaired) electrons. The molecule has 0 aromatic heterocycles. The van der Waals surface area contributed by atoms with E-state index >= 15 is 0 Å². The summed E-state index contributed by atoms with van der Waals surface area (Å²) in [5.41, 5.74) is -0.388. The molecule has 15 heavy (non-hydrogen) atoms. The minimum atomic E-state index is -0.388. The Morgan fingerprint density at radius 2 is 2.07 bits per heavy atom. The van der Waals surface area contributed by atoms with Crippen LogP contribution in [0.15, 0.2) is 0 Å². The number of hydrogen-bond donors (Lipinski definition) is 0. The Bertz CT molecular complexity index is 232. The van der Waals surface area contributed by atoms with E-state index in [2.05, 4.69) is 13.8 Å². The van der Waals surface area contributed by atoms with E-state index in [1.54, 1.807) is 0 Å². The summed E-state index contributed by atoms with van der Waals surface area (Å²) in [4.78, 5) is 13.7. The summed E-state index contributed by atoms with van der Waals surface area (Å²) in [5.74, 6) is 0.646. The molecule has 1 rings (SSSR count).